The van der Waals surface area contributed by atoms with Crippen LogP contribution in [0, 0.1) is 0 Å². The van der Waals surface area contributed by atoms with Gasteiger partial charge in [-0.1, -0.05) is 42.8 Å². The number of halogens is 1. The van der Waals surface area contributed by atoms with Gasteiger partial charge in [0.05, 0.1) is 17.3 Å². The summed E-state index contributed by atoms with van der Waals surface area (Å²) in [5.74, 6) is 0.0497. The lowest BCUT2D eigenvalue weighted by Crippen LogP contribution is -2.45. The Morgan fingerprint density at radius 3 is 2.67 bits per heavy atom. The van der Waals surface area contributed by atoms with Crippen molar-refractivity contribution in [3.8, 4) is 5.75 Å². The number of ether oxygens (including phenoxy) is 2. The third-order valence-corrected chi connectivity index (χ3v) is 7.14. The Bertz CT molecular complexity index is 1010. The first-order valence-electron chi connectivity index (χ1n) is 11.7. The number of carbonyl (C=O) groups is 2. The summed E-state index contributed by atoms with van der Waals surface area (Å²) in [4.78, 5) is 26.5. The van der Waals surface area contributed by atoms with Crippen molar-refractivity contribution in [2.75, 3.05) is 32.0 Å². The second-order valence-electron chi connectivity index (χ2n) is 8.81. The number of hydrogen-bond donors (Lipinski definition) is 1. The number of aryl methyl sites for hydroxylation is 1. The predicted octanol–water partition coefficient (Wildman–Crippen LogP) is 4.55. The minimum absolute atomic E-state index is 0.333. The molecule has 1 fully saturated rings. The molecule has 4 rings (SSSR count). The van der Waals surface area contributed by atoms with E-state index in [1.54, 1.807) is 6.07 Å². The van der Waals surface area contributed by atoms with Gasteiger partial charge >= 0.3 is 5.97 Å². The second-order valence-corrected chi connectivity index (χ2v) is 9.22. The minimum Gasteiger partial charge on any atom is -0.492 e. The highest BCUT2D eigenvalue weighted by atomic mass is 35.5. The molecule has 2 aromatic rings. The number of anilines is 1. The fourth-order valence-electron chi connectivity index (χ4n) is 4.78. The van der Waals surface area contributed by atoms with Crippen molar-refractivity contribution in [1.82, 2.24) is 4.90 Å². The fraction of sp³-hybridized carbons (Fsp3) is 0.462. The van der Waals surface area contributed by atoms with Gasteiger partial charge in [-0.25, -0.2) is 4.79 Å². The van der Waals surface area contributed by atoms with E-state index in [2.05, 4.69) is 36.1 Å². The maximum absolute atomic E-state index is 13.5. The molecule has 33 heavy (non-hydrogen) atoms. The Balaban J connectivity index is 1.61. The van der Waals surface area contributed by atoms with Gasteiger partial charge in [0.2, 0.25) is 0 Å². The molecule has 0 amide bonds. The molecule has 7 heteroatoms. The van der Waals surface area contributed by atoms with Crippen LogP contribution in [0.4, 0.5) is 5.69 Å². The average Bonchev–Trinajstić information content (AvgIpc) is 3.33. The van der Waals surface area contributed by atoms with Crippen LogP contribution in [0.1, 0.15) is 59.7 Å². The number of piperidine rings is 1. The Morgan fingerprint density at radius 1 is 1.27 bits per heavy atom. The molecule has 0 aliphatic carbocycles. The molecule has 0 saturated carbocycles. The highest BCUT2D eigenvalue weighted by Gasteiger charge is 2.41. The second kappa shape index (κ2) is 10.1. The number of unbranched alkanes of at least 4 members (excludes halogenated alkanes) is 1. The van der Waals surface area contributed by atoms with Crippen molar-refractivity contribution in [3.05, 3.63) is 57.6 Å². The summed E-state index contributed by atoms with van der Waals surface area (Å²) in [6, 6.07) is 9.91. The molecule has 2 N–H and O–H groups in total. The van der Waals surface area contributed by atoms with E-state index in [1.165, 1.54) is 5.56 Å². The largest absolute Gasteiger partial charge is 0.492 e. The molecule has 2 heterocycles. The highest BCUT2D eigenvalue weighted by Crippen LogP contribution is 2.42. The normalized spacial score (nSPS) is 17.3. The molecule has 176 valence electrons. The zero-order valence-electron chi connectivity index (χ0n) is 19.1. The average molecular weight is 471 g/mol. The van der Waals surface area contributed by atoms with Crippen LogP contribution in [-0.4, -0.2) is 43.4 Å². The number of nitrogens with zero attached hydrogens (tertiary/aromatic N) is 1. The first-order chi connectivity index (χ1) is 16.0. The lowest BCUT2D eigenvalue weighted by atomic mass is 9.83. The number of likely N-dealkylation sites (tertiary alicyclic amines) is 1. The number of benzene rings is 2. The Hall–Kier alpha value is -2.57. The Kier molecular flexibility index (Phi) is 7.25. The van der Waals surface area contributed by atoms with Crippen LogP contribution in [0.5, 0.6) is 5.75 Å². The Labute approximate surface area is 200 Å². The van der Waals surface area contributed by atoms with Crippen molar-refractivity contribution in [1.29, 1.82) is 0 Å². The molecule has 0 atom stereocenters. The highest BCUT2D eigenvalue weighted by molar-refractivity contribution is 6.33. The maximum atomic E-state index is 13.5. The summed E-state index contributed by atoms with van der Waals surface area (Å²) in [6.45, 7) is 5.04. The molecule has 0 unspecified atom stereocenters. The van der Waals surface area contributed by atoms with Gasteiger partial charge in [0.25, 0.3) is 0 Å². The number of carbonyl (C=O) groups excluding carboxylic acids is 2. The third kappa shape index (κ3) is 4.87. The molecule has 0 spiro atoms. The van der Waals surface area contributed by atoms with E-state index in [1.807, 2.05) is 0 Å². The summed E-state index contributed by atoms with van der Waals surface area (Å²) in [5.41, 5.74) is 9.19. The minimum atomic E-state index is -0.732. The predicted molar refractivity (Wildman–Crippen MR) is 129 cm³/mol. The number of aldehydes is 1. The maximum Gasteiger partial charge on any atom is 0.342 e. The van der Waals surface area contributed by atoms with E-state index < -0.39 is 11.6 Å². The van der Waals surface area contributed by atoms with Crippen LogP contribution in [0.2, 0.25) is 5.02 Å². The van der Waals surface area contributed by atoms with Gasteiger partial charge in [0.1, 0.15) is 23.2 Å². The summed E-state index contributed by atoms with van der Waals surface area (Å²) in [6.07, 6.45) is 5.30. The van der Waals surface area contributed by atoms with Crippen molar-refractivity contribution in [3.63, 3.8) is 0 Å². The van der Waals surface area contributed by atoms with Gasteiger partial charge in [-0.2, -0.15) is 0 Å². The van der Waals surface area contributed by atoms with Crippen LogP contribution in [0.3, 0.4) is 0 Å². The lowest BCUT2D eigenvalue weighted by Gasteiger charge is -2.41. The van der Waals surface area contributed by atoms with E-state index in [4.69, 9.17) is 26.8 Å². The van der Waals surface area contributed by atoms with Gasteiger partial charge in [0, 0.05) is 44.3 Å². The third-order valence-electron chi connectivity index (χ3n) is 6.83. The zero-order valence-corrected chi connectivity index (χ0v) is 19.8. The molecule has 1 saturated heterocycles. The molecular formula is C26H31ClN2O4. The summed E-state index contributed by atoms with van der Waals surface area (Å²) in [5, 5.41) is 0.345. The van der Waals surface area contributed by atoms with Crippen molar-refractivity contribution in [2.45, 2.75) is 51.0 Å². The first kappa shape index (κ1) is 23.6. The molecule has 0 radical (unpaired) electrons. The van der Waals surface area contributed by atoms with Crippen LogP contribution in [0.15, 0.2) is 30.3 Å². The first-order valence-corrected chi connectivity index (χ1v) is 12.1. The molecule has 0 aromatic heterocycles. The molecule has 6 nitrogen and oxygen atoms in total. The van der Waals surface area contributed by atoms with Gasteiger partial charge in [-0.05, 0) is 36.6 Å². The summed E-state index contributed by atoms with van der Waals surface area (Å²) in [7, 11) is 0. The van der Waals surface area contributed by atoms with Crippen LogP contribution in [0.25, 0.3) is 0 Å². The number of rotatable bonds is 8. The van der Waals surface area contributed by atoms with Crippen molar-refractivity contribution >= 4 is 29.5 Å². The van der Waals surface area contributed by atoms with Crippen LogP contribution in [-0.2, 0) is 28.0 Å². The number of fused-ring (bicyclic) bond motifs is 1. The van der Waals surface area contributed by atoms with E-state index in [9.17, 15) is 9.59 Å². The van der Waals surface area contributed by atoms with Gasteiger partial charge in [-0.3, -0.25) is 0 Å². The van der Waals surface area contributed by atoms with E-state index in [-0.39, 0.29) is 0 Å². The van der Waals surface area contributed by atoms with E-state index in [0.717, 1.165) is 49.9 Å². The zero-order chi connectivity index (χ0) is 23.4. The fourth-order valence-corrected chi connectivity index (χ4v) is 5.00. The molecule has 2 aliphatic heterocycles. The standard InChI is InChI=1S/C26H31ClN2O4/c1-2-18-5-7-19(8-6-18)26(10-13-29(14-11-26)12-3-4-15-30)33-25(31)21-17-22(27)23(28)20-9-16-32-24(20)21/h5-8,15,17H,2-4,9-14,16,28H2,1H3. The van der Waals surface area contributed by atoms with Crippen LogP contribution < -0.4 is 10.5 Å². The van der Waals surface area contributed by atoms with Gasteiger partial charge < -0.3 is 24.9 Å². The molecular weight excluding hydrogens is 440 g/mol. The SMILES string of the molecule is CCc1ccc(C2(OC(=O)c3cc(Cl)c(N)c4c3OCC4)CCN(CCCC=O)CC2)cc1. The van der Waals surface area contributed by atoms with Crippen molar-refractivity contribution < 1.29 is 19.1 Å². The monoisotopic (exact) mass is 470 g/mol. The topological polar surface area (TPSA) is 81.9 Å². The Morgan fingerprint density at radius 2 is 2.00 bits per heavy atom. The molecule has 2 aliphatic rings. The summed E-state index contributed by atoms with van der Waals surface area (Å²) < 4.78 is 12.1. The van der Waals surface area contributed by atoms with Crippen LogP contribution >= 0.6 is 11.6 Å². The van der Waals surface area contributed by atoms with E-state index in [0.29, 0.717) is 54.3 Å². The lowest BCUT2D eigenvalue weighted by molar-refractivity contribution is -0.108. The van der Waals surface area contributed by atoms with E-state index >= 15 is 0 Å². The molecule has 2 aromatic carbocycles. The quantitative estimate of drug-likeness (QED) is 0.264. The van der Waals surface area contributed by atoms with Crippen molar-refractivity contribution in [2.24, 2.45) is 0 Å². The summed E-state index contributed by atoms with van der Waals surface area (Å²) >= 11 is 6.33. The molecule has 0 bridgehead atoms. The smallest absolute Gasteiger partial charge is 0.342 e. The number of esters is 1. The number of nitrogens with two attached hydrogens (primary N) is 1. The van der Waals surface area contributed by atoms with Gasteiger partial charge in [-0.15, -0.1) is 0 Å². The number of nitrogen functional groups attached to an aromatic ring is 1. The number of hydrogen-bond acceptors (Lipinski definition) is 6. The van der Waals surface area contributed by atoms with Gasteiger partial charge in [0.15, 0.2) is 0 Å².